The first-order valence-corrected chi connectivity index (χ1v) is 12.8. The largest absolute Gasteiger partial charge is 0.381 e. The second-order valence-electron chi connectivity index (χ2n) is 7.81. The van der Waals surface area contributed by atoms with Crippen molar-refractivity contribution in [3.63, 3.8) is 0 Å². The SMILES string of the molecule is O=C(Nc1ncc(F)s1)C(OC1CCCC1)c1ccc(S(=O)(=O)C2CCOCC2)cc1. The van der Waals surface area contributed by atoms with Crippen LogP contribution in [0.4, 0.5) is 9.52 Å². The van der Waals surface area contributed by atoms with Crippen molar-refractivity contribution in [2.24, 2.45) is 0 Å². The number of carbonyl (C=O) groups is 1. The molecule has 10 heteroatoms. The Morgan fingerprint density at radius 2 is 1.84 bits per heavy atom. The van der Waals surface area contributed by atoms with Gasteiger partial charge in [0, 0.05) is 13.2 Å². The van der Waals surface area contributed by atoms with Gasteiger partial charge >= 0.3 is 0 Å². The molecule has 0 radical (unpaired) electrons. The van der Waals surface area contributed by atoms with E-state index in [9.17, 15) is 17.6 Å². The van der Waals surface area contributed by atoms with Crippen LogP contribution in [0.5, 0.6) is 0 Å². The van der Waals surface area contributed by atoms with Crippen molar-refractivity contribution in [3.8, 4) is 0 Å². The Balaban J connectivity index is 1.54. The maximum Gasteiger partial charge on any atom is 0.259 e. The van der Waals surface area contributed by atoms with E-state index in [-0.39, 0.29) is 16.1 Å². The van der Waals surface area contributed by atoms with Crippen molar-refractivity contribution < 1.29 is 27.1 Å². The molecule has 0 spiro atoms. The molecule has 1 aromatic carbocycles. The van der Waals surface area contributed by atoms with Gasteiger partial charge in [-0.15, -0.1) is 0 Å². The van der Waals surface area contributed by atoms with Gasteiger partial charge in [-0.05, 0) is 43.4 Å². The quantitative estimate of drug-likeness (QED) is 0.663. The summed E-state index contributed by atoms with van der Waals surface area (Å²) in [6, 6.07) is 6.30. The molecule has 1 N–H and O–H groups in total. The third kappa shape index (κ3) is 5.31. The van der Waals surface area contributed by atoms with E-state index in [1.807, 2.05) is 0 Å². The highest BCUT2D eigenvalue weighted by Gasteiger charge is 2.31. The summed E-state index contributed by atoms with van der Waals surface area (Å²) >= 11 is 0.738. The van der Waals surface area contributed by atoms with E-state index in [0.29, 0.717) is 31.6 Å². The Bertz CT molecular complexity index is 997. The van der Waals surface area contributed by atoms with Gasteiger partial charge in [0.1, 0.15) is 0 Å². The summed E-state index contributed by atoms with van der Waals surface area (Å²) in [5.41, 5.74) is 0.548. The number of amides is 1. The number of nitrogens with zero attached hydrogens (tertiary/aromatic N) is 1. The summed E-state index contributed by atoms with van der Waals surface area (Å²) in [6.45, 7) is 0.883. The molecule has 1 unspecified atom stereocenters. The van der Waals surface area contributed by atoms with Gasteiger partial charge in [0.05, 0.1) is 22.4 Å². The summed E-state index contributed by atoms with van der Waals surface area (Å²) in [4.78, 5) is 17.0. The second-order valence-corrected chi connectivity index (χ2v) is 11.0. The highest BCUT2D eigenvalue weighted by atomic mass is 32.2. The molecule has 31 heavy (non-hydrogen) atoms. The second kappa shape index (κ2) is 9.72. The molecule has 1 atom stereocenters. The molecule has 1 aromatic heterocycles. The summed E-state index contributed by atoms with van der Waals surface area (Å²) in [7, 11) is -3.46. The van der Waals surface area contributed by atoms with Gasteiger partial charge in [-0.3, -0.25) is 10.1 Å². The van der Waals surface area contributed by atoms with Crippen LogP contribution >= 0.6 is 11.3 Å². The number of carbonyl (C=O) groups excluding carboxylic acids is 1. The predicted molar refractivity (Wildman–Crippen MR) is 114 cm³/mol. The van der Waals surface area contributed by atoms with E-state index >= 15 is 0 Å². The van der Waals surface area contributed by atoms with Crippen molar-refractivity contribution in [1.29, 1.82) is 0 Å². The number of aromatic nitrogens is 1. The molecule has 1 amide bonds. The first-order chi connectivity index (χ1) is 14.9. The summed E-state index contributed by atoms with van der Waals surface area (Å²) in [6.07, 6.45) is 4.83. The lowest BCUT2D eigenvalue weighted by Crippen LogP contribution is -2.29. The molecule has 4 rings (SSSR count). The molecule has 2 heterocycles. The molecular weight excluding hydrogens is 443 g/mol. The number of rotatable bonds is 7. The van der Waals surface area contributed by atoms with Crippen LogP contribution in [0.1, 0.15) is 50.2 Å². The number of benzene rings is 1. The molecule has 1 saturated heterocycles. The maximum absolute atomic E-state index is 13.2. The van der Waals surface area contributed by atoms with Crippen LogP contribution in [0.25, 0.3) is 0 Å². The summed E-state index contributed by atoms with van der Waals surface area (Å²) in [5, 5.41) is 1.81. The molecule has 2 aliphatic rings. The zero-order valence-electron chi connectivity index (χ0n) is 17.0. The Morgan fingerprint density at radius 3 is 2.45 bits per heavy atom. The Hall–Kier alpha value is -1.88. The van der Waals surface area contributed by atoms with Crippen molar-refractivity contribution in [1.82, 2.24) is 4.98 Å². The number of hydrogen-bond acceptors (Lipinski definition) is 7. The van der Waals surface area contributed by atoms with E-state index in [0.717, 1.165) is 43.2 Å². The Kier molecular flexibility index (Phi) is 7.00. The minimum absolute atomic E-state index is 0.0468. The molecule has 1 saturated carbocycles. The fourth-order valence-electron chi connectivity index (χ4n) is 4.00. The van der Waals surface area contributed by atoms with Crippen LogP contribution in [0.15, 0.2) is 35.4 Å². The number of hydrogen-bond donors (Lipinski definition) is 1. The van der Waals surface area contributed by atoms with Gasteiger partial charge in [-0.25, -0.2) is 13.4 Å². The minimum atomic E-state index is -3.46. The molecule has 0 bridgehead atoms. The Labute approximate surface area is 184 Å². The first kappa shape index (κ1) is 22.3. The molecule has 7 nitrogen and oxygen atoms in total. The average Bonchev–Trinajstić information content (AvgIpc) is 3.44. The van der Waals surface area contributed by atoms with E-state index in [2.05, 4.69) is 10.3 Å². The maximum atomic E-state index is 13.2. The lowest BCUT2D eigenvalue weighted by atomic mass is 10.1. The number of sulfone groups is 1. The van der Waals surface area contributed by atoms with Crippen molar-refractivity contribution in [2.75, 3.05) is 18.5 Å². The van der Waals surface area contributed by atoms with E-state index in [1.165, 1.54) is 12.1 Å². The molecule has 2 fully saturated rings. The molecule has 1 aliphatic heterocycles. The minimum Gasteiger partial charge on any atom is -0.381 e. The number of ether oxygens (including phenoxy) is 2. The van der Waals surface area contributed by atoms with Crippen LogP contribution in [0, 0.1) is 5.13 Å². The van der Waals surface area contributed by atoms with Gasteiger partial charge in [0.25, 0.3) is 5.91 Å². The van der Waals surface area contributed by atoms with Crippen LogP contribution in [0.3, 0.4) is 0 Å². The molecule has 168 valence electrons. The van der Waals surface area contributed by atoms with E-state index < -0.39 is 32.2 Å². The fourth-order valence-corrected chi connectivity index (χ4v) is 6.26. The number of halogens is 1. The van der Waals surface area contributed by atoms with Crippen LogP contribution < -0.4 is 5.32 Å². The van der Waals surface area contributed by atoms with Gasteiger partial charge in [-0.1, -0.05) is 36.3 Å². The summed E-state index contributed by atoms with van der Waals surface area (Å²) < 4.78 is 50.4. The van der Waals surface area contributed by atoms with E-state index in [1.54, 1.807) is 12.1 Å². The smallest absolute Gasteiger partial charge is 0.259 e. The lowest BCUT2D eigenvalue weighted by molar-refractivity contribution is -0.131. The lowest BCUT2D eigenvalue weighted by Gasteiger charge is -2.23. The van der Waals surface area contributed by atoms with E-state index in [4.69, 9.17) is 9.47 Å². The van der Waals surface area contributed by atoms with Crippen molar-refractivity contribution in [3.05, 3.63) is 41.2 Å². The van der Waals surface area contributed by atoms with Crippen LogP contribution in [0.2, 0.25) is 0 Å². The van der Waals surface area contributed by atoms with Gasteiger partial charge in [0.15, 0.2) is 26.2 Å². The zero-order valence-corrected chi connectivity index (χ0v) is 18.6. The highest BCUT2D eigenvalue weighted by Crippen LogP contribution is 2.31. The topological polar surface area (TPSA) is 94.6 Å². The normalized spacial score (nSPS) is 19.4. The molecular formula is C21H25FN2O5S2. The Morgan fingerprint density at radius 1 is 1.16 bits per heavy atom. The highest BCUT2D eigenvalue weighted by molar-refractivity contribution is 7.92. The number of thiazole rings is 1. The van der Waals surface area contributed by atoms with Gasteiger partial charge < -0.3 is 9.47 Å². The third-order valence-corrected chi connectivity index (χ3v) is 8.67. The van der Waals surface area contributed by atoms with Crippen LogP contribution in [-0.4, -0.2) is 43.9 Å². The zero-order chi connectivity index (χ0) is 21.8. The average molecular weight is 469 g/mol. The standard InChI is InChI=1S/C21H25FN2O5S2/c22-18-13-23-21(30-18)24-20(25)19(29-15-3-1-2-4-15)14-5-7-16(8-6-14)31(26,27)17-9-11-28-12-10-17/h5-8,13,15,17,19H,1-4,9-12H2,(H,23,24,25). The van der Waals surface area contributed by atoms with Gasteiger partial charge in [0.2, 0.25) is 0 Å². The predicted octanol–water partition coefficient (Wildman–Crippen LogP) is 3.87. The molecule has 1 aliphatic carbocycles. The fraction of sp³-hybridized carbons (Fsp3) is 0.524. The van der Waals surface area contributed by atoms with Crippen LogP contribution in [-0.2, 0) is 24.1 Å². The third-order valence-electron chi connectivity index (χ3n) is 5.70. The number of anilines is 1. The monoisotopic (exact) mass is 468 g/mol. The number of nitrogens with one attached hydrogen (secondary N) is 1. The summed E-state index contributed by atoms with van der Waals surface area (Å²) in [5.74, 6) is -0.457. The molecule has 2 aromatic rings. The van der Waals surface area contributed by atoms with Gasteiger partial charge in [-0.2, -0.15) is 4.39 Å². The van der Waals surface area contributed by atoms with Crippen molar-refractivity contribution >= 4 is 32.2 Å². The van der Waals surface area contributed by atoms with Crippen molar-refractivity contribution in [2.45, 2.75) is 60.9 Å². The first-order valence-electron chi connectivity index (χ1n) is 10.4.